The van der Waals surface area contributed by atoms with Crippen LogP contribution in [0.2, 0.25) is 0 Å². The first kappa shape index (κ1) is 14.5. The third kappa shape index (κ3) is 3.09. The Balaban J connectivity index is 1.86. The van der Waals surface area contributed by atoms with E-state index in [-0.39, 0.29) is 0 Å². The molecule has 0 unspecified atom stereocenters. The lowest BCUT2D eigenvalue weighted by molar-refractivity contribution is 0.673. The maximum Gasteiger partial charge on any atom is 0.127 e. The molecule has 0 radical (unpaired) electrons. The van der Waals surface area contributed by atoms with Crippen LogP contribution < -0.4 is 11.1 Å². The van der Waals surface area contributed by atoms with Crippen molar-refractivity contribution in [3.05, 3.63) is 42.1 Å². The topological polar surface area (TPSA) is 79.6 Å². The van der Waals surface area contributed by atoms with E-state index < -0.39 is 0 Å². The second-order valence-electron chi connectivity index (χ2n) is 5.37. The largest absolute Gasteiger partial charge is 0.383 e. The van der Waals surface area contributed by atoms with Gasteiger partial charge in [-0.1, -0.05) is 19.1 Å². The van der Waals surface area contributed by atoms with Crippen molar-refractivity contribution in [2.45, 2.75) is 19.8 Å². The summed E-state index contributed by atoms with van der Waals surface area (Å²) in [6.07, 6.45) is 3.76. The van der Waals surface area contributed by atoms with Crippen LogP contribution in [-0.2, 0) is 6.42 Å². The molecular weight excluding hydrogens is 274 g/mol. The Labute approximate surface area is 130 Å². The van der Waals surface area contributed by atoms with E-state index in [4.69, 9.17) is 5.73 Å². The van der Waals surface area contributed by atoms with Gasteiger partial charge in [-0.25, -0.2) is 4.98 Å². The lowest BCUT2D eigenvalue weighted by atomic mass is 10.0. The third-order valence-corrected chi connectivity index (χ3v) is 3.79. The average molecular weight is 295 g/mol. The summed E-state index contributed by atoms with van der Waals surface area (Å²) in [4.78, 5) is 4.57. The van der Waals surface area contributed by atoms with Crippen LogP contribution in [0.15, 0.2) is 36.5 Å². The smallest absolute Gasteiger partial charge is 0.127 e. The van der Waals surface area contributed by atoms with Crippen LogP contribution in [0.3, 0.4) is 0 Å². The van der Waals surface area contributed by atoms with E-state index in [0.29, 0.717) is 5.82 Å². The summed E-state index contributed by atoms with van der Waals surface area (Å²) < 4.78 is 0. The maximum atomic E-state index is 6.12. The molecule has 3 rings (SSSR count). The van der Waals surface area contributed by atoms with Crippen molar-refractivity contribution in [3.63, 3.8) is 0 Å². The zero-order chi connectivity index (χ0) is 15.4. The average Bonchev–Trinajstić information content (AvgIpc) is 3.06. The van der Waals surface area contributed by atoms with Crippen molar-refractivity contribution in [1.82, 2.24) is 20.5 Å². The first-order valence-electron chi connectivity index (χ1n) is 7.67. The minimum atomic E-state index is 0.630. The van der Waals surface area contributed by atoms with E-state index in [0.717, 1.165) is 53.7 Å². The molecule has 5 heteroatoms. The number of hydrogen-bond donors (Lipinski definition) is 3. The van der Waals surface area contributed by atoms with Crippen LogP contribution in [0, 0.1) is 0 Å². The number of aromatic nitrogens is 3. The van der Waals surface area contributed by atoms with E-state index in [1.165, 1.54) is 0 Å². The molecule has 0 atom stereocenters. The number of hydrogen-bond acceptors (Lipinski definition) is 4. The predicted octanol–water partition coefficient (Wildman–Crippen LogP) is 2.75. The molecular formula is C17H21N5. The number of aromatic amines is 1. The summed E-state index contributed by atoms with van der Waals surface area (Å²) in [5.41, 5.74) is 10.2. The molecule has 2 heterocycles. The van der Waals surface area contributed by atoms with Gasteiger partial charge in [0.1, 0.15) is 5.82 Å². The molecule has 0 aliphatic carbocycles. The van der Waals surface area contributed by atoms with Crippen LogP contribution in [-0.4, -0.2) is 28.3 Å². The number of nitrogens with zero attached hydrogens (tertiary/aromatic N) is 2. The number of rotatable bonds is 6. The Morgan fingerprint density at radius 2 is 2.14 bits per heavy atom. The number of nitrogens with two attached hydrogens (primary N) is 1. The molecule has 3 aromatic rings. The summed E-state index contributed by atoms with van der Waals surface area (Å²) in [6.45, 7) is 4.12. The van der Waals surface area contributed by atoms with Gasteiger partial charge in [-0.3, -0.25) is 5.10 Å². The van der Waals surface area contributed by atoms with Gasteiger partial charge in [-0.05, 0) is 49.7 Å². The van der Waals surface area contributed by atoms with Gasteiger partial charge in [0.15, 0.2) is 0 Å². The molecule has 0 fully saturated rings. The molecule has 0 aliphatic heterocycles. The monoisotopic (exact) mass is 295 g/mol. The molecule has 0 aliphatic rings. The maximum absolute atomic E-state index is 6.12. The van der Waals surface area contributed by atoms with Gasteiger partial charge >= 0.3 is 0 Å². The van der Waals surface area contributed by atoms with Gasteiger partial charge in [-0.2, -0.15) is 5.10 Å². The first-order chi connectivity index (χ1) is 10.8. The van der Waals surface area contributed by atoms with Crippen molar-refractivity contribution in [2.24, 2.45) is 0 Å². The minimum Gasteiger partial charge on any atom is -0.383 e. The van der Waals surface area contributed by atoms with E-state index in [1.807, 2.05) is 12.1 Å². The highest BCUT2D eigenvalue weighted by Crippen LogP contribution is 2.24. The highest BCUT2D eigenvalue weighted by atomic mass is 15.1. The summed E-state index contributed by atoms with van der Waals surface area (Å²) >= 11 is 0. The van der Waals surface area contributed by atoms with Gasteiger partial charge in [0.2, 0.25) is 0 Å². The molecule has 0 saturated heterocycles. The Morgan fingerprint density at radius 3 is 2.91 bits per heavy atom. The van der Waals surface area contributed by atoms with E-state index in [9.17, 15) is 0 Å². The zero-order valence-electron chi connectivity index (χ0n) is 12.8. The summed E-state index contributed by atoms with van der Waals surface area (Å²) in [5, 5.41) is 11.4. The molecule has 0 amide bonds. The quantitative estimate of drug-likeness (QED) is 0.611. The van der Waals surface area contributed by atoms with Gasteiger partial charge in [-0.15, -0.1) is 0 Å². The second-order valence-corrected chi connectivity index (χ2v) is 5.37. The Kier molecular flexibility index (Phi) is 4.34. The lowest BCUT2D eigenvalue weighted by Crippen LogP contribution is -2.14. The molecule has 0 spiro atoms. The fraction of sp³-hybridized carbons (Fsp3) is 0.294. The first-order valence-corrected chi connectivity index (χ1v) is 7.67. The van der Waals surface area contributed by atoms with Crippen molar-refractivity contribution >= 4 is 16.7 Å². The fourth-order valence-corrected chi connectivity index (χ4v) is 2.59. The third-order valence-electron chi connectivity index (χ3n) is 3.79. The van der Waals surface area contributed by atoms with E-state index in [1.54, 1.807) is 6.20 Å². The van der Waals surface area contributed by atoms with Crippen LogP contribution >= 0.6 is 0 Å². The minimum absolute atomic E-state index is 0.630. The summed E-state index contributed by atoms with van der Waals surface area (Å²) in [7, 11) is 0. The molecule has 4 N–H and O–H groups in total. The van der Waals surface area contributed by atoms with Gasteiger partial charge in [0.25, 0.3) is 0 Å². The molecule has 114 valence electrons. The summed E-state index contributed by atoms with van der Waals surface area (Å²) in [6, 6.07) is 10.3. The van der Waals surface area contributed by atoms with Gasteiger partial charge < -0.3 is 11.1 Å². The van der Waals surface area contributed by atoms with Gasteiger partial charge in [0, 0.05) is 17.1 Å². The van der Waals surface area contributed by atoms with Crippen LogP contribution in [0.5, 0.6) is 0 Å². The Bertz CT molecular complexity index is 749. The van der Waals surface area contributed by atoms with Crippen molar-refractivity contribution in [3.8, 4) is 11.3 Å². The zero-order valence-corrected chi connectivity index (χ0v) is 12.8. The number of fused-ring (bicyclic) bond motifs is 1. The van der Waals surface area contributed by atoms with Crippen molar-refractivity contribution in [1.29, 1.82) is 0 Å². The normalized spacial score (nSPS) is 11.1. The van der Waals surface area contributed by atoms with Gasteiger partial charge in [0.05, 0.1) is 11.2 Å². The van der Waals surface area contributed by atoms with Crippen molar-refractivity contribution in [2.75, 3.05) is 18.8 Å². The van der Waals surface area contributed by atoms with Crippen LogP contribution in [0.4, 0.5) is 5.82 Å². The number of H-pyrrole nitrogens is 1. The number of pyridine rings is 1. The molecule has 0 bridgehead atoms. The standard InChI is InChI=1S/C17H21N5/c1-2-19-8-3-4-14-10-12-5-6-13(15-7-9-20-22-15)11-16(12)21-17(14)18/h5-7,9-11,19H,2-4,8H2,1H3,(H2,18,21)(H,20,22). The Morgan fingerprint density at radius 1 is 1.23 bits per heavy atom. The number of nitrogens with one attached hydrogen (secondary N) is 2. The molecule has 1 aromatic carbocycles. The SMILES string of the molecule is CCNCCCc1cc2ccc(-c3ccn[nH]3)cc2nc1N. The highest BCUT2D eigenvalue weighted by molar-refractivity contribution is 5.85. The lowest BCUT2D eigenvalue weighted by Gasteiger charge is -2.08. The summed E-state index contributed by atoms with van der Waals surface area (Å²) in [5.74, 6) is 0.630. The Hall–Kier alpha value is -2.40. The molecule has 5 nitrogen and oxygen atoms in total. The second kappa shape index (κ2) is 6.58. The predicted molar refractivity (Wildman–Crippen MR) is 90.6 cm³/mol. The number of aryl methyl sites for hydroxylation is 1. The van der Waals surface area contributed by atoms with Crippen LogP contribution in [0.25, 0.3) is 22.2 Å². The van der Waals surface area contributed by atoms with E-state index in [2.05, 4.69) is 45.6 Å². The molecule has 0 saturated carbocycles. The van der Waals surface area contributed by atoms with Crippen LogP contribution in [0.1, 0.15) is 18.9 Å². The van der Waals surface area contributed by atoms with Crippen molar-refractivity contribution < 1.29 is 0 Å². The molecule has 22 heavy (non-hydrogen) atoms. The highest BCUT2D eigenvalue weighted by Gasteiger charge is 2.06. The number of anilines is 1. The van der Waals surface area contributed by atoms with E-state index >= 15 is 0 Å². The number of benzene rings is 1. The fourth-order valence-electron chi connectivity index (χ4n) is 2.59. The molecule has 2 aromatic heterocycles. The number of nitrogen functional groups attached to an aromatic ring is 1.